The van der Waals surface area contributed by atoms with Gasteiger partial charge in [-0.15, -0.1) is 10.2 Å². The first kappa shape index (κ1) is 16.7. The Labute approximate surface area is 148 Å². The second-order valence-electron chi connectivity index (χ2n) is 5.49. The van der Waals surface area contributed by atoms with Gasteiger partial charge in [0.1, 0.15) is 0 Å². The molecule has 0 saturated carbocycles. The van der Waals surface area contributed by atoms with Crippen LogP contribution in [0.15, 0.2) is 28.6 Å². The molecule has 1 unspecified atom stereocenters. The molecule has 1 aromatic heterocycles. The fourth-order valence-corrected chi connectivity index (χ4v) is 4.44. The third kappa shape index (κ3) is 4.04. The zero-order valence-electron chi connectivity index (χ0n) is 13.2. The van der Waals surface area contributed by atoms with Gasteiger partial charge in [0.25, 0.3) is 0 Å². The topological polar surface area (TPSA) is 81.9 Å². The molecule has 1 N–H and O–H groups in total. The Bertz CT molecular complexity index is 764. The third-order valence-corrected chi connectivity index (χ3v) is 5.85. The Morgan fingerprint density at radius 3 is 2.96 bits per heavy atom. The Morgan fingerprint density at radius 2 is 2.21 bits per heavy atom. The quantitative estimate of drug-likeness (QED) is 0.826. The molecule has 2 heterocycles. The second-order valence-corrected chi connectivity index (χ2v) is 8.03. The van der Waals surface area contributed by atoms with Gasteiger partial charge in [-0.3, -0.25) is 4.79 Å². The SMILES string of the molecule is CC(Sc1nnc(N2CCCC2)s1)C(=O)Nc1cccc(C#N)c1. The first-order valence-corrected chi connectivity index (χ1v) is 9.41. The van der Waals surface area contributed by atoms with Crippen molar-refractivity contribution in [2.75, 3.05) is 23.3 Å². The number of carbonyl (C=O) groups is 1. The molecule has 6 nitrogen and oxygen atoms in total. The van der Waals surface area contributed by atoms with Crippen molar-refractivity contribution in [2.24, 2.45) is 0 Å². The van der Waals surface area contributed by atoms with E-state index in [1.54, 1.807) is 24.3 Å². The number of benzene rings is 1. The molecule has 1 fully saturated rings. The first-order valence-electron chi connectivity index (χ1n) is 7.72. The summed E-state index contributed by atoms with van der Waals surface area (Å²) in [6.07, 6.45) is 2.39. The molecular weight excluding hydrogens is 342 g/mol. The van der Waals surface area contributed by atoms with Crippen LogP contribution in [0.25, 0.3) is 0 Å². The molecule has 1 atom stereocenters. The van der Waals surface area contributed by atoms with Gasteiger partial charge >= 0.3 is 0 Å². The fraction of sp³-hybridized carbons (Fsp3) is 0.375. The predicted molar refractivity (Wildman–Crippen MR) is 96.5 cm³/mol. The molecule has 0 aliphatic carbocycles. The summed E-state index contributed by atoms with van der Waals surface area (Å²) in [5, 5.41) is 20.8. The van der Waals surface area contributed by atoms with Crippen LogP contribution in [-0.4, -0.2) is 34.4 Å². The number of amides is 1. The van der Waals surface area contributed by atoms with Crippen LogP contribution < -0.4 is 10.2 Å². The first-order chi connectivity index (χ1) is 11.7. The minimum absolute atomic E-state index is 0.118. The minimum Gasteiger partial charge on any atom is -0.347 e. The monoisotopic (exact) mass is 359 g/mol. The van der Waals surface area contributed by atoms with E-state index in [4.69, 9.17) is 5.26 Å². The average Bonchev–Trinajstić information content (AvgIpc) is 3.26. The Hall–Kier alpha value is -2.11. The van der Waals surface area contributed by atoms with Gasteiger partial charge in [-0.25, -0.2) is 0 Å². The minimum atomic E-state index is -0.296. The van der Waals surface area contributed by atoms with E-state index in [0.29, 0.717) is 11.3 Å². The van der Waals surface area contributed by atoms with Gasteiger partial charge in [-0.1, -0.05) is 29.2 Å². The van der Waals surface area contributed by atoms with Crippen molar-refractivity contribution in [3.8, 4) is 6.07 Å². The second kappa shape index (κ2) is 7.64. The Balaban J connectivity index is 1.58. The van der Waals surface area contributed by atoms with E-state index in [-0.39, 0.29) is 11.2 Å². The number of hydrogen-bond donors (Lipinski definition) is 1. The molecule has 1 saturated heterocycles. The van der Waals surface area contributed by atoms with Gasteiger partial charge in [-0.05, 0) is 38.0 Å². The van der Waals surface area contributed by atoms with Crippen LogP contribution in [0.2, 0.25) is 0 Å². The summed E-state index contributed by atoms with van der Waals surface area (Å²) in [5.74, 6) is -0.118. The van der Waals surface area contributed by atoms with E-state index in [2.05, 4.69) is 26.5 Å². The van der Waals surface area contributed by atoms with Gasteiger partial charge in [0.05, 0.1) is 16.9 Å². The number of hydrogen-bond acceptors (Lipinski definition) is 7. The van der Waals surface area contributed by atoms with Crippen molar-refractivity contribution in [1.29, 1.82) is 5.26 Å². The molecule has 2 aromatic rings. The molecule has 1 amide bonds. The normalized spacial score (nSPS) is 15.1. The van der Waals surface area contributed by atoms with Crippen LogP contribution >= 0.6 is 23.1 Å². The lowest BCUT2D eigenvalue weighted by Crippen LogP contribution is -2.22. The van der Waals surface area contributed by atoms with Gasteiger partial charge in [-0.2, -0.15) is 5.26 Å². The fourth-order valence-electron chi connectivity index (χ4n) is 2.40. The zero-order chi connectivity index (χ0) is 16.9. The standard InChI is InChI=1S/C16H17N5OS2/c1-11(14(22)18-13-6-4-5-12(9-13)10-17)23-16-20-19-15(24-16)21-7-2-3-8-21/h4-6,9,11H,2-3,7-8H2,1H3,(H,18,22). The number of anilines is 2. The van der Waals surface area contributed by atoms with Crippen molar-refractivity contribution in [3.05, 3.63) is 29.8 Å². The Morgan fingerprint density at radius 1 is 1.42 bits per heavy atom. The maximum atomic E-state index is 12.3. The van der Waals surface area contributed by atoms with E-state index in [9.17, 15) is 4.79 Å². The van der Waals surface area contributed by atoms with E-state index in [0.717, 1.165) is 22.6 Å². The van der Waals surface area contributed by atoms with Crippen LogP contribution in [0.4, 0.5) is 10.8 Å². The summed E-state index contributed by atoms with van der Waals surface area (Å²) in [6.45, 7) is 3.90. The average molecular weight is 359 g/mol. The largest absolute Gasteiger partial charge is 0.347 e. The summed E-state index contributed by atoms with van der Waals surface area (Å²) in [6, 6.07) is 8.94. The maximum absolute atomic E-state index is 12.3. The van der Waals surface area contributed by atoms with Gasteiger partial charge in [0, 0.05) is 18.8 Å². The highest BCUT2D eigenvalue weighted by Gasteiger charge is 2.20. The van der Waals surface area contributed by atoms with Crippen molar-refractivity contribution in [3.63, 3.8) is 0 Å². The lowest BCUT2D eigenvalue weighted by molar-refractivity contribution is -0.115. The molecular formula is C16H17N5OS2. The van der Waals surface area contributed by atoms with Crippen LogP contribution in [0.1, 0.15) is 25.3 Å². The van der Waals surface area contributed by atoms with Crippen LogP contribution in [-0.2, 0) is 4.79 Å². The molecule has 0 radical (unpaired) electrons. The van der Waals surface area contributed by atoms with Crippen LogP contribution in [0.5, 0.6) is 0 Å². The van der Waals surface area contributed by atoms with Crippen molar-refractivity contribution in [1.82, 2.24) is 10.2 Å². The molecule has 1 aromatic carbocycles. The van der Waals surface area contributed by atoms with Gasteiger partial charge in [0.2, 0.25) is 11.0 Å². The highest BCUT2D eigenvalue weighted by atomic mass is 32.2. The smallest absolute Gasteiger partial charge is 0.237 e. The van der Waals surface area contributed by atoms with E-state index < -0.39 is 0 Å². The molecule has 124 valence electrons. The van der Waals surface area contributed by atoms with E-state index >= 15 is 0 Å². The summed E-state index contributed by atoms with van der Waals surface area (Å²) >= 11 is 2.93. The molecule has 24 heavy (non-hydrogen) atoms. The Kier molecular flexibility index (Phi) is 5.33. The highest BCUT2D eigenvalue weighted by molar-refractivity contribution is 8.02. The van der Waals surface area contributed by atoms with Crippen molar-refractivity contribution < 1.29 is 4.79 Å². The van der Waals surface area contributed by atoms with E-state index in [1.807, 2.05) is 6.92 Å². The number of nitrogens with one attached hydrogen (secondary N) is 1. The number of aromatic nitrogens is 2. The predicted octanol–water partition coefficient (Wildman–Crippen LogP) is 3.13. The van der Waals surface area contributed by atoms with Crippen LogP contribution in [0.3, 0.4) is 0 Å². The van der Waals surface area contributed by atoms with Gasteiger partial charge in [0.15, 0.2) is 4.34 Å². The lowest BCUT2D eigenvalue weighted by Gasteiger charge is -2.11. The van der Waals surface area contributed by atoms with Crippen molar-refractivity contribution in [2.45, 2.75) is 29.4 Å². The lowest BCUT2D eigenvalue weighted by atomic mass is 10.2. The molecule has 1 aliphatic heterocycles. The van der Waals surface area contributed by atoms with E-state index in [1.165, 1.54) is 35.9 Å². The highest BCUT2D eigenvalue weighted by Crippen LogP contribution is 2.32. The number of thioether (sulfide) groups is 1. The molecule has 3 rings (SSSR count). The number of nitriles is 1. The van der Waals surface area contributed by atoms with Gasteiger partial charge < -0.3 is 10.2 Å². The number of nitrogens with zero attached hydrogens (tertiary/aromatic N) is 4. The van der Waals surface area contributed by atoms with Crippen molar-refractivity contribution >= 4 is 39.8 Å². The molecule has 8 heteroatoms. The summed E-state index contributed by atoms with van der Waals surface area (Å²) in [4.78, 5) is 14.5. The number of rotatable bonds is 5. The summed E-state index contributed by atoms with van der Waals surface area (Å²) in [7, 11) is 0. The zero-order valence-corrected chi connectivity index (χ0v) is 14.9. The maximum Gasteiger partial charge on any atom is 0.237 e. The molecule has 1 aliphatic rings. The number of carbonyl (C=O) groups excluding carboxylic acids is 1. The molecule has 0 bridgehead atoms. The summed E-state index contributed by atoms with van der Waals surface area (Å²) in [5.41, 5.74) is 1.15. The van der Waals surface area contributed by atoms with Crippen LogP contribution in [0, 0.1) is 11.3 Å². The summed E-state index contributed by atoms with van der Waals surface area (Å²) < 4.78 is 0.797. The molecule has 0 spiro atoms. The third-order valence-electron chi connectivity index (χ3n) is 3.68.